The molecule has 1 aliphatic rings. The van der Waals surface area contributed by atoms with Gasteiger partial charge in [-0.25, -0.2) is 0 Å². The van der Waals surface area contributed by atoms with Gasteiger partial charge in [0.1, 0.15) is 22.6 Å². The number of hydrogen-bond acceptors (Lipinski definition) is 5. The number of rotatable bonds is 4. The zero-order valence-electron chi connectivity index (χ0n) is 13.9. The first-order valence-corrected chi connectivity index (χ1v) is 8.73. The molecule has 134 valence electrons. The number of pyridine rings is 1. The molecule has 1 amide bonds. The molecular weight excluding hydrogens is 356 g/mol. The van der Waals surface area contributed by atoms with Crippen molar-refractivity contribution in [1.29, 1.82) is 0 Å². The maximum Gasteiger partial charge on any atom is 0.274 e. The molecule has 8 heteroatoms. The normalized spacial score (nSPS) is 17.3. The molecule has 4 heterocycles. The van der Waals surface area contributed by atoms with Crippen molar-refractivity contribution in [2.45, 2.75) is 18.9 Å². The molecule has 0 aromatic carbocycles. The third-order valence-electron chi connectivity index (χ3n) is 4.28. The lowest BCUT2D eigenvalue weighted by Crippen LogP contribution is -2.44. The summed E-state index contributed by atoms with van der Waals surface area (Å²) in [7, 11) is 0. The summed E-state index contributed by atoms with van der Waals surface area (Å²) in [5, 5.41) is 7.43. The van der Waals surface area contributed by atoms with Crippen molar-refractivity contribution in [1.82, 2.24) is 20.1 Å². The van der Waals surface area contributed by atoms with Crippen LogP contribution in [-0.4, -0.2) is 45.2 Å². The fourth-order valence-electron chi connectivity index (χ4n) is 3.01. The molecule has 0 unspecified atom stereocenters. The number of hydrogen-bond donors (Lipinski definition) is 1. The highest BCUT2D eigenvalue weighted by Crippen LogP contribution is 2.26. The number of furan rings is 1. The number of amides is 1. The van der Waals surface area contributed by atoms with Gasteiger partial charge in [-0.2, -0.15) is 5.10 Å². The van der Waals surface area contributed by atoms with Crippen molar-refractivity contribution in [2.75, 3.05) is 13.1 Å². The fourth-order valence-corrected chi connectivity index (χ4v) is 3.17. The lowest BCUT2D eigenvalue weighted by molar-refractivity contribution is 0.0532. The Morgan fingerprint density at radius 2 is 2.35 bits per heavy atom. The Balaban J connectivity index is 1.44. The van der Waals surface area contributed by atoms with E-state index in [-0.39, 0.29) is 12.0 Å². The number of piperidine rings is 1. The topological polar surface area (TPSA) is 84.2 Å². The van der Waals surface area contributed by atoms with E-state index in [1.165, 1.54) is 0 Å². The second-order valence-corrected chi connectivity index (χ2v) is 6.49. The summed E-state index contributed by atoms with van der Waals surface area (Å²) in [5.74, 6) is 1.10. The summed E-state index contributed by atoms with van der Waals surface area (Å²) in [6, 6.07) is 7.03. The van der Waals surface area contributed by atoms with Gasteiger partial charge in [-0.1, -0.05) is 11.6 Å². The quantitative estimate of drug-likeness (QED) is 0.758. The molecule has 4 rings (SSSR count). The molecule has 0 radical (unpaired) electrons. The number of nitrogens with zero attached hydrogens (tertiary/aromatic N) is 3. The SMILES string of the molecule is O=C(c1cc(-c2ccco2)[nH]n1)N1CCC[C@@H](Oc2ccncc2Cl)C1. The number of H-pyrrole nitrogens is 1. The minimum atomic E-state index is -0.131. The van der Waals surface area contributed by atoms with Gasteiger partial charge in [0.2, 0.25) is 0 Å². The van der Waals surface area contributed by atoms with E-state index in [0.29, 0.717) is 41.0 Å². The number of carbonyl (C=O) groups is 1. The molecule has 1 N–H and O–H groups in total. The molecule has 1 aliphatic heterocycles. The molecule has 1 saturated heterocycles. The number of likely N-dealkylation sites (tertiary alicyclic amines) is 1. The maximum atomic E-state index is 12.8. The number of ether oxygens (including phenoxy) is 1. The second kappa shape index (κ2) is 7.21. The van der Waals surface area contributed by atoms with E-state index in [0.717, 1.165) is 12.8 Å². The molecule has 7 nitrogen and oxygen atoms in total. The lowest BCUT2D eigenvalue weighted by atomic mass is 10.1. The van der Waals surface area contributed by atoms with Crippen LogP contribution in [-0.2, 0) is 0 Å². The van der Waals surface area contributed by atoms with E-state index >= 15 is 0 Å². The average molecular weight is 373 g/mol. The Hall–Kier alpha value is -2.80. The van der Waals surface area contributed by atoms with Crippen LogP contribution in [0.4, 0.5) is 0 Å². The Morgan fingerprint density at radius 1 is 1.42 bits per heavy atom. The van der Waals surface area contributed by atoms with Gasteiger partial charge in [0.05, 0.1) is 12.8 Å². The third-order valence-corrected chi connectivity index (χ3v) is 4.56. The van der Waals surface area contributed by atoms with E-state index in [2.05, 4.69) is 15.2 Å². The van der Waals surface area contributed by atoms with Crippen LogP contribution in [0.15, 0.2) is 47.3 Å². The average Bonchev–Trinajstić information content (AvgIpc) is 3.35. The summed E-state index contributed by atoms with van der Waals surface area (Å²) < 4.78 is 11.3. The van der Waals surface area contributed by atoms with Crippen LogP contribution in [0, 0.1) is 0 Å². The summed E-state index contributed by atoms with van der Waals surface area (Å²) in [4.78, 5) is 18.5. The first-order valence-electron chi connectivity index (χ1n) is 8.35. The van der Waals surface area contributed by atoms with E-state index in [4.69, 9.17) is 20.8 Å². The van der Waals surface area contributed by atoms with Crippen molar-refractivity contribution >= 4 is 17.5 Å². The Labute approximate surface area is 154 Å². The van der Waals surface area contributed by atoms with Crippen LogP contribution in [0.2, 0.25) is 5.02 Å². The largest absolute Gasteiger partial charge is 0.487 e. The number of aromatic amines is 1. The van der Waals surface area contributed by atoms with E-state index in [9.17, 15) is 4.79 Å². The van der Waals surface area contributed by atoms with Crippen molar-refractivity contribution in [3.63, 3.8) is 0 Å². The minimum absolute atomic E-state index is 0.115. The molecule has 1 atom stereocenters. The first kappa shape index (κ1) is 16.7. The summed E-state index contributed by atoms with van der Waals surface area (Å²) in [5.41, 5.74) is 1.03. The van der Waals surface area contributed by atoms with Crippen LogP contribution >= 0.6 is 11.6 Å². The molecule has 0 saturated carbocycles. The van der Waals surface area contributed by atoms with Crippen LogP contribution in [0.5, 0.6) is 5.75 Å². The lowest BCUT2D eigenvalue weighted by Gasteiger charge is -2.32. The molecule has 26 heavy (non-hydrogen) atoms. The number of carbonyl (C=O) groups excluding carboxylic acids is 1. The van der Waals surface area contributed by atoms with Gasteiger partial charge < -0.3 is 14.1 Å². The smallest absolute Gasteiger partial charge is 0.274 e. The van der Waals surface area contributed by atoms with Gasteiger partial charge in [0.25, 0.3) is 5.91 Å². The van der Waals surface area contributed by atoms with Crippen molar-refractivity contribution in [2.24, 2.45) is 0 Å². The van der Waals surface area contributed by atoms with Gasteiger partial charge >= 0.3 is 0 Å². The number of halogens is 1. The third kappa shape index (κ3) is 3.43. The Bertz CT molecular complexity index is 893. The van der Waals surface area contributed by atoms with Gasteiger partial charge in [-0.3, -0.25) is 14.9 Å². The molecule has 0 bridgehead atoms. The van der Waals surface area contributed by atoms with Crippen LogP contribution < -0.4 is 4.74 Å². The molecule has 3 aromatic rings. The summed E-state index contributed by atoms with van der Waals surface area (Å²) >= 11 is 6.10. The Morgan fingerprint density at radius 3 is 3.15 bits per heavy atom. The summed E-state index contributed by atoms with van der Waals surface area (Å²) in [6.45, 7) is 1.16. The summed E-state index contributed by atoms with van der Waals surface area (Å²) in [6.07, 6.45) is 6.36. The highest BCUT2D eigenvalue weighted by atomic mass is 35.5. The zero-order chi connectivity index (χ0) is 17.9. The predicted octanol–water partition coefficient (Wildman–Crippen LogP) is 3.40. The minimum Gasteiger partial charge on any atom is -0.487 e. The fraction of sp³-hybridized carbons (Fsp3) is 0.278. The maximum absolute atomic E-state index is 12.8. The molecular formula is C18H17ClN4O3. The van der Waals surface area contributed by atoms with Crippen molar-refractivity contribution in [3.8, 4) is 17.2 Å². The van der Waals surface area contributed by atoms with Crippen LogP contribution in [0.1, 0.15) is 23.3 Å². The van der Waals surface area contributed by atoms with Gasteiger partial charge in [-0.05, 0) is 25.0 Å². The van der Waals surface area contributed by atoms with Gasteiger partial charge in [0, 0.05) is 31.1 Å². The van der Waals surface area contributed by atoms with Gasteiger partial charge in [-0.15, -0.1) is 0 Å². The zero-order valence-corrected chi connectivity index (χ0v) is 14.6. The van der Waals surface area contributed by atoms with Crippen LogP contribution in [0.3, 0.4) is 0 Å². The van der Waals surface area contributed by atoms with Crippen LogP contribution in [0.25, 0.3) is 11.5 Å². The van der Waals surface area contributed by atoms with Gasteiger partial charge in [0.15, 0.2) is 11.5 Å². The first-order chi connectivity index (χ1) is 12.7. The van der Waals surface area contributed by atoms with E-state index in [1.54, 1.807) is 41.8 Å². The molecule has 1 fully saturated rings. The monoisotopic (exact) mass is 372 g/mol. The molecule has 0 aliphatic carbocycles. The second-order valence-electron chi connectivity index (χ2n) is 6.08. The predicted molar refractivity (Wildman–Crippen MR) is 95.1 cm³/mol. The van der Waals surface area contributed by atoms with E-state index in [1.807, 2.05) is 6.07 Å². The molecule has 3 aromatic heterocycles. The number of nitrogens with one attached hydrogen (secondary N) is 1. The highest BCUT2D eigenvalue weighted by molar-refractivity contribution is 6.31. The molecule has 0 spiro atoms. The standard InChI is InChI=1S/C18H17ClN4O3/c19-13-10-20-6-5-16(13)26-12-3-1-7-23(11-12)18(24)15-9-14(21-22-15)17-4-2-8-25-17/h2,4-6,8-10,12H,1,3,7,11H2,(H,21,22)/t12-/m1/s1. The van der Waals surface area contributed by atoms with E-state index < -0.39 is 0 Å². The van der Waals surface area contributed by atoms with Crippen molar-refractivity contribution in [3.05, 3.63) is 53.6 Å². The number of aromatic nitrogens is 3. The Kier molecular flexibility index (Phi) is 4.62. The highest BCUT2D eigenvalue weighted by Gasteiger charge is 2.27. The van der Waals surface area contributed by atoms with Crippen molar-refractivity contribution < 1.29 is 13.9 Å².